The summed E-state index contributed by atoms with van der Waals surface area (Å²) >= 11 is 0. The predicted octanol–water partition coefficient (Wildman–Crippen LogP) is 7.00. The maximum absolute atomic E-state index is 5.83. The number of hydrogen-bond acceptors (Lipinski definition) is 6. The predicted molar refractivity (Wildman–Crippen MR) is 143 cm³/mol. The smallest absolute Gasteiger partial charge is 0.263 e. The maximum atomic E-state index is 5.83. The first-order valence-corrected chi connectivity index (χ1v) is 12.2. The molecular formula is C29H31N5O. The summed E-state index contributed by atoms with van der Waals surface area (Å²) in [6.45, 7) is 2.98. The van der Waals surface area contributed by atoms with Gasteiger partial charge in [0.25, 0.3) is 5.95 Å². The molecule has 1 heterocycles. The van der Waals surface area contributed by atoms with E-state index in [1.807, 2.05) is 84.9 Å². The molecule has 0 aliphatic carbocycles. The van der Waals surface area contributed by atoms with E-state index in [0.717, 1.165) is 46.9 Å². The van der Waals surface area contributed by atoms with Gasteiger partial charge in [0.2, 0.25) is 0 Å². The van der Waals surface area contributed by atoms with Gasteiger partial charge in [0.15, 0.2) is 0 Å². The molecule has 0 saturated heterocycles. The van der Waals surface area contributed by atoms with Crippen LogP contribution < -0.4 is 10.2 Å². The van der Waals surface area contributed by atoms with E-state index in [4.69, 9.17) is 9.72 Å². The van der Waals surface area contributed by atoms with Gasteiger partial charge < -0.3 is 4.74 Å². The molecule has 1 aromatic heterocycles. The third kappa shape index (κ3) is 7.21. The van der Waals surface area contributed by atoms with E-state index in [-0.39, 0.29) is 0 Å². The highest BCUT2D eigenvalue weighted by molar-refractivity contribution is 5.80. The number of ether oxygens (including phenoxy) is 1. The fraction of sp³-hybridized carbons (Fsp3) is 0.241. The SMILES string of the molecule is CCCCCCCOc1ccc(C=NNc2nnc(-c3ccccc3)c(-c3ccccc3)n2)cc1. The van der Waals surface area contributed by atoms with Gasteiger partial charge in [0.1, 0.15) is 17.1 Å². The van der Waals surface area contributed by atoms with Crippen molar-refractivity contribution in [3.63, 3.8) is 0 Å². The normalized spacial score (nSPS) is 11.0. The van der Waals surface area contributed by atoms with E-state index in [1.165, 1.54) is 25.7 Å². The molecule has 35 heavy (non-hydrogen) atoms. The highest BCUT2D eigenvalue weighted by atomic mass is 16.5. The van der Waals surface area contributed by atoms with Crippen LogP contribution in [0.4, 0.5) is 5.95 Å². The number of unbranched alkanes of at least 4 members (excludes halogenated alkanes) is 4. The van der Waals surface area contributed by atoms with Gasteiger partial charge in [0, 0.05) is 11.1 Å². The highest BCUT2D eigenvalue weighted by Gasteiger charge is 2.13. The van der Waals surface area contributed by atoms with Crippen molar-refractivity contribution in [1.29, 1.82) is 0 Å². The van der Waals surface area contributed by atoms with Crippen LogP contribution in [0.2, 0.25) is 0 Å². The van der Waals surface area contributed by atoms with Crippen molar-refractivity contribution < 1.29 is 4.74 Å². The van der Waals surface area contributed by atoms with Gasteiger partial charge in [-0.25, -0.2) is 10.4 Å². The van der Waals surface area contributed by atoms with Crippen LogP contribution in [0.5, 0.6) is 5.75 Å². The molecule has 0 spiro atoms. The molecule has 0 aliphatic heterocycles. The molecule has 6 heteroatoms. The summed E-state index contributed by atoms with van der Waals surface area (Å²) in [5, 5.41) is 13.0. The summed E-state index contributed by atoms with van der Waals surface area (Å²) in [5.74, 6) is 1.21. The number of nitrogens with one attached hydrogen (secondary N) is 1. The largest absolute Gasteiger partial charge is 0.494 e. The average molecular weight is 466 g/mol. The minimum absolute atomic E-state index is 0.336. The van der Waals surface area contributed by atoms with Crippen LogP contribution in [0, 0.1) is 0 Å². The third-order valence-electron chi connectivity index (χ3n) is 5.56. The third-order valence-corrected chi connectivity index (χ3v) is 5.56. The van der Waals surface area contributed by atoms with Gasteiger partial charge in [-0.3, -0.25) is 0 Å². The first-order valence-electron chi connectivity index (χ1n) is 12.2. The first kappa shape index (κ1) is 24.1. The van der Waals surface area contributed by atoms with Crippen molar-refractivity contribution in [2.45, 2.75) is 39.0 Å². The van der Waals surface area contributed by atoms with Gasteiger partial charge >= 0.3 is 0 Å². The molecule has 0 fully saturated rings. The maximum Gasteiger partial charge on any atom is 0.263 e. The Balaban J connectivity index is 1.39. The fourth-order valence-corrected chi connectivity index (χ4v) is 3.67. The molecule has 1 N–H and O–H groups in total. The summed E-state index contributed by atoms with van der Waals surface area (Å²) in [6.07, 6.45) is 7.88. The summed E-state index contributed by atoms with van der Waals surface area (Å²) < 4.78 is 5.83. The number of hydrogen-bond donors (Lipinski definition) is 1. The zero-order valence-corrected chi connectivity index (χ0v) is 20.1. The molecule has 0 saturated carbocycles. The zero-order chi connectivity index (χ0) is 24.1. The molecule has 0 atom stereocenters. The molecular weight excluding hydrogens is 434 g/mol. The molecule has 3 aromatic carbocycles. The van der Waals surface area contributed by atoms with E-state index in [1.54, 1.807) is 6.21 Å². The monoisotopic (exact) mass is 465 g/mol. The van der Waals surface area contributed by atoms with Gasteiger partial charge in [-0.15, -0.1) is 10.2 Å². The van der Waals surface area contributed by atoms with Crippen LogP contribution in [-0.2, 0) is 0 Å². The molecule has 4 rings (SSSR count). The highest BCUT2D eigenvalue weighted by Crippen LogP contribution is 2.28. The fourth-order valence-electron chi connectivity index (χ4n) is 3.67. The number of rotatable bonds is 12. The summed E-state index contributed by atoms with van der Waals surface area (Å²) in [5.41, 5.74) is 7.27. The average Bonchev–Trinajstić information content (AvgIpc) is 2.92. The van der Waals surface area contributed by atoms with Crippen molar-refractivity contribution in [3.05, 3.63) is 90.5 Å². The Labute approximate surface area is 207 Å². The van der Waals surface area contributed by atoms with Gasteiger partial charge in [-0.1, -0.05) is 93.3 Å². The Bertz CT molecular complexity index is 1190. The van der Waals surface area contributed by atoms with Crippen LogP contribution in [0.25, 0.3) is 22.5 Å². The number of aromatic nitrogens is 3. The summed E-state index contributed by atoms with van der Waals surface area (Å²) in [6, 6.07) is 27.8. The Hall–Kier alpha value is -4.06. The van der Waals surface area contributed by atoms with Crippen LogP contribution in [0.15, 0.2) is 90.0 Å². The Morgan fingerprint density at radius 1 is 0.743 bits per heavy atom. The van der Waals surface area contributed by atoms with Gasteiger partial charge in [0.05, 0.1) is 12.8 Å². The molecule has 4 aromatic rings. The van der Waals surface area contributed by atoms with Crippen molar-refractivity contribution >= 4 is 12.2 Å². The van der Waals surface area contributed by atoms with Gasteiger partial charge in [-0.05, 0) is 36.2 Å². The lowest BCUT2D eigenvalue weighted by Crippen LogP contribution is -2.03. The molecule has 0 bridgehead atoms. The number of hydrazone groups is 1. The van der Waals surface area contributed by atoms with Crippen LogP contribution in [0.3, 0.4) is 0 Å². The Morgan fingerprint density at radius 3 is 2.09 bits per heavy atom. The van der Waals surface area contributed by atoms with E-state index in [0.29, 0.717) is 5.95 Å². The minimum Gasteiger partial charge on any atom is -0.494 e. The Morgan fingerprint density at radius 2 is 1.40 bits per heavy atom. The zero-order valence-electron chi connectivity index (χ0n) is 20.1. The van der Waals surface area contributed by atoms with Crippen LogP contribution in [0.1, 0.15) is 44.6 Å². The first-order chi connectivity index (χ1) is 17.3. The lowest BCUT2D eigenvalue weighted by Gasteiger charge is -2.09. The number of nitrogens with zero attached hydrogens (tertiary/aromatic N) is 4. The van der Waals surface area contributed by atoms with Gasteiger partial charge in [-0.2, -0.15) is 5.10 Å². The molecule has 6 nitrogen and oxygen atoms in total. The van der Waals surface area contributed by atoms with Crippen LogP contribution in [-0.4, -0.2) is 28.0 Å². The molecule has 0 radical (unpaired) electrons. The lowest BCUT2D eigenvalue weighted by atomic mass is 10.0. The van der Waals surface area contributed by atoms with Crippen molar-refractivity contribution in [3.8, 4) is 28.3 Å². The second-order valence-corrected chi connectivity index (χ2v) is 8.27. The number of anilines is 1. The topological polar surface area (TPSA) is 72.3 Å². The van der Waals surface area contributed by atoms with E-state index in [2.05, 4.69) is 27.6 Å². The van der Waals surface area contributed by atoms with Crippen LogP contribution >= 0.6 is 0 Å². The molecule has 0 aliphatic rings. The van der Waals surface area contributed by atoms with Crippen molar-refractivity contribution in [2.24, 2.45) is 5.10 Å². The van der Waals surface area contributed by atoms with E-state index < -0.39 is 0 Å². The summed E-state index contributed by atoms with van der Waals surface area (Å²) in [7, 11) is 0. The molecule has 0 amide bonds. The molecule has 178 valence electrons. The second kappa shape index (κ2) is 13.0. The van der Waals surface area contributed by atoms with E-state index in [9.17, 15) is 0 Å². The Kier molecular flexibility index (Phi) is 8.93. The second-order valence-electron chi connectivity index (χ2n) is 8.27. The minimum atomic E-state index is 0.336. The van der Waals surface area contributed by atoms with Crippen molar-refractivity contribution in [2.75, 3.05) is 12.0 Å². The summed E-state index contributed by atoms with van der Waals surface area (Å²) in [4.78, 5) is 4.71. The number of benzene rings is 3. The molecule has 0 unspecified atom stereocenters. The quantitative estimate of drug-likeness (QED) is 0.138. The lowest BCUT2D eigenvalue weighted by molar-refractivity contribution is 0.304. The van der Waals surface area contributed by atoms with Crippen molar-refractivity contribution in [1.82, 2.24) is 15.2 Å². The van der Waals surface area contributed by atoms with E-state index >= 15 is 0 Å². The standard InChI is InChI=1S/C29H31N5O/c1-2-3-4-5-12-21-35-26-19-17-23(18-20-26)22-30-33-29-31-27(24-13-8-6-9-14-24)28(32-34-29)25-15-10-7-11-16-25/h6-11,13-20,22H,2-5,12,21H2,1H3,(H,31,33,34).